The molecule has 22 heavy (non-hydrogen) atoms. The highest BCUT2D eigenvalue weighted by Gasteiger charge is 2.36. The van der Waals surface area contributed by atoms with E-state index < -0.39 is 30.6 Å². The van der Waals surface area contributed by atoms with E-state index in [1.54, 1.807) is 0 Å². The van der Waals surface area contributed by atoms with E-state index >= 15 is 0 Å². The average molecular weight is 318 g/mol. The van der Waals surface area contributed by atoms with Crippen LogP contribution < -0.4 is 0 Å². The van der Waals surface area contributed by atoms with Gasteiger partial charge in [0.05, 0.1) is 18.6 Å². The number of carbonyl (C=O) groups excluding carboxylic acids is 1. The maximum absolute atomic E-state index is 13.1. The van der Waals surface area contributed by atoms with Crippen molar-refractivity contribution in [2.45, 2.75) is 31.9 Å². The predicted octanol–water partition coefficient (Wildman–Crippen LogP) is 1.88. The first-order chi connectivity index (χ1) is 10.3. The number of alkyl halides is 4. The van der Waals surface area contributed by atoms with Gasteiger partial charge in [-0.1, -0.05) is 0 Å². The fraction of sp³-hybridized carbons (Fsp3) is 0.417. The quantitative estimate of drug-likeness (QED) is 0.693. The molecule has 6 nitrogen and oxygen atoms in total. The summed E-state index contributed by atoms with van der Waals surface area (Å²) < 4.78 is 57.0. The molecule has 1 aliphatic rings. The summed E-state index contributed by atoms with van der Waals surface area (Å²) in [5.41, 5.74) is -0.990. The summed E-state index contributed by atoms with van der Waals surface area (Å²) in [6.07, 6.45) is -4.64. The SMILES string of the molecule is O=C(OCc1[nH]cnc1C(F)(F)F)c1cc2n(n1)CC(F)C2. The molecule has 1 aliphatic heterocycles. The zero-order valence-corrected chi connectivity index (χ0v) is 11.0. The molecule has 1 N–H and O–H groups in total. The molecule has 2 aromatic heterocycles. The summed E-state index contributed by atoms with van der Waals surface area (Å²) in [5.74, 6) is -0.875. The number of esters is 1. The van der Waals surface area contributed by atoms with Crippen molar-refractivity contribution < 1.29 is 27.1 Å². The van der Waals surface area contributed by atoms with Crippen LogP contribution in [0.25, 0.3) is 0 Å². The highest BCUT2D eigenvalue weighted by atomic mass is 19.4. The lowest BCUT2D eigenvalue weighted by atomic mass is 10.2. The number of halogens is 4. The minimum absolute atomic E-state index is 0.0569. The predicted molar refractivity (Wildman–Crippen MR) is 63.5 cm³/mol. The molecule has 0 fully saturated rings. The van der Waals surface area contributed by atoms with Gasteiger partial charge in [0.15, 0.2) is 11.4 Å². The summed E-state index contributed by atoms with van der Waals surface area (Å²) in [5, 5.41) is 3.87. The average Bonchev–Trinajstić information content (AvgIpc) is 3.07. The minimum Gasteiger partial charge on any atom is -0.454 e. The maximum atomic E-state index is 13.1. The van der Waals surface area contributed by atoms with Crippen LogP contribution in [0.4, 0.5) is 17.6 Å². The van der Waals surface area contributed by atoms with E-state index in [9.17, 15) is 22.4 Å². The van der Waals surface area contributed by atoms with Gasteiger partial charge in [-0.25, -0.2) is 14.2 Å². The molecule has 0 amide bonds. The van der Waals surface area contributed by atoms with Crippen molar-refractivity contribution in [2.75, 3.05) is 0 Å². The van der Waals surface area contributed by atoms with E-state index in [2.05, 4.69) is 15.1 Å². The van der Waals surface area contributed by atoms with Crippen LogP contribution in [0.15, 0.2) is 12.4 Å². The largest absolute Gasteiger partial charge is 0.454 e. The first kappa shape index (κ1) is 14.5. The van der Waals surface area contributed by atoms with Crippen LogP contribution in [0, 0.1) is 0 Å². The molecule has 10 heteroatoms. The Morgan fingerprint density at radius 1 is 1.50 bits per heavy atom. The van der Waals surface area contributed by atoms with Crippen molar-refractivity contribution in [1.82, 2.24) is 19.7 Å². The molecule has 0 aliphatic carbocycles. The number of hydrogen-bond donors (Lipinski definition) is 1. The topological polar surface area (TPSA) is 72.8 Å². The Labute approximate surface area is 121 Å². The summed E-state index contributed by atoms with van der Waals surface area (Å²) in [6.45, 7) is -0.553. The molecule has 0 bridgehead atoms. The van der Waals surface area contributed by atoms with Crippen molar-refractivity contribution in [2.24, 2.45) is 0 Å². The van der Waals surface area contributed by atoms with Crippen LogP contribution in [0.2, 0.25) is 0 Å². The third-order valence-corrected chi connectivity index (χ3v) is 3.21. The Morgan fingerprint density at radius 3 is 2.95 bits per heavy atom. The summed E-state index contributed by atoms with van der Waals surface area (Å²) in [6, 6.07) is 1.37. The van der Waals surface area contributed by atoms with Crippen LogP contribution in [0.1, 0.15) is 27.6 Å². The number of nitrogens with zero attached hydrogens (tertiary/aromatic N) is 3. The maximum Gasteiger partial charge on any atom is 0.435 e. The summed E-state index contributed by atoms with van der Waals surface area (Å²) >= 11 is 0. The van der Waals surface area contributed by atoms with E-state index in [1.807, 2.05) is 0 Å². The number of ether oxygens (including phenoxy) is 1. The van der Waals surface area contributed by atoms with Gasteiger partial charge >= 0.3 is 12.1 Å². The molecule has 118 valence electrons. The molecule has 0 saturated carbocycles. The smallest absolute Gasteiger partial charge is 0.435 e. The second kappa shape index (κ2) is 5.11. The number of aromatic nitrogens is 4. The van der Waals surface area contributed by atoms with E-state index in [0.717, 1.165) is 6.33 Å². The standard InChI is InChI=1S/C12H10F4N4O2/c13-6-1-7-2-8(19-20(7)3-6)11(21)22-4-9-10(12(14,15)16)18-5-17-9/h2,5-6H,1,3-4H2,(H,17,18). The van der Waals surface area contributed by atoms with Gasteiger partial charge in [-0.15, -0.1) is 0 Å². The molecule has 3 heterocycles. The number of carbonyl (C=O) groups is 1. The van der Waals surface area contributed by atoms with Crippen molar-refractivity contribution in [3.8, 4) is 0 Å². The van der Waals surface area contributed by atoms with E-state index in [-0.39, 0.29) is 24.4 Å². The van der Waals surface area contributed by atoms with Crippen molar-refractivity contribution in [3.05, 3.63) is 35.2 Å². The lowest BCUT2D eigenvalue weighted by molar-refractivity contribution is -0.142. The number of rotatable bonds is 3. The molecule has 0 aromatic carbocycles. The molecule has 3 rings (SSSR count). The van der Waals surface area contributed by atoms with Crippen molar-refractivity contribution in [3.63, 3.8) is 0 Å². The molecular formula is C12H10F4N4O2. The minimum atomic E-state index is -4.63. The highest BCUT2D eigenvalue weighted by Crippen LogP contribution is 2.30. The second-order valence-corrected chi connectivity index (χ2v) is 4.81. The van der Waals surface area contributed by atoms with Gasteiger partial charge in [-0.3, -0.25) is 4.68 Å². The fourth-order valence-corrected chi connectivity index (χ4v) is 2.24. The van der Waals surface area contributed by atoms with Crippen LogP contribution in [0.5, 0.6) is 0 Å². The zero-order valence-electron chi connectivity index (χ0n) is 11.0. The molecule has 0 radical (unpaired) electrons. The fourth-order valence-electron chi connectivity index (χ4n) is 2.24. The van der Waals surface area contributed by atoms with Crippen molar-refractivity contribution >= 4 is 5.97 Å². The Hall–Kier alpha value is -2.39. The first-order valence-corrected chi connectivity index (χ1v) is 6.32. The van der Waals surface area contributed by atoms with Crippen molar-refractivity contribution in [1.29, 1.82) is 0 Å². The molecule has 1 unspecified atom stereocenters. The Bertz CT molecular complexity index is 683. The van der Waals surface area contributed by atoms with Crippen LogP contribution in [0.3, 0.4) is 0 Å². The van der Waals surface area contributed by atoms with Gasteiger partial charge in [0.25, 0.3) is 0 Å². The van der Waals surface area contributed by atoms with Crippen LogP contribution in [-0.4, -0.2) is 31.9 Å². The second-order valence-electron chi connectivity index (χ2n) is 4.81. The van der Waals surface area contributed by atoms with Gasteiger partial charge in [0.2, 0.25) is 0 Å². The third-order valence-electron chi connectivity index (χ3n) is 3.21. The van der Waals surface area contributed by atoms with Crippen LogP contribution >= 0.6 is 0 Å². The number of imidazole rings is 1. The van der Waals surface area contributed by atoms with E-state index in [0.29, 0.717) is 5.69 Å². The highest BCUT2D eigenvalue weighted by molar-refractivity contribution is 5.87. The Balaban J connectivity index is 1.66. The van der Waals surface area contributed by atoms with Gasteiger partial charge < -0.3 is 9.72 Å². The number of hydrogen-bond acceptors (Lipinski definition) is 4. The normalized spacial score (nSPS) is 17.5. The number of H-pyrrole nitrogens is 1. The molecule has 0 saturated heterocycles. The molecule has 1 atom stereocenters. The Kier molecular flexibility index (Phi) is 3.38. The van der Waals surface area contributed by atoms with Gasteiger partial charge in [0.1, 0.15) is 12.8 Å². The van der Waals surface area contributed by atoms with Gasteiger partial charge in [0, 0.05) is 12.1 Å². The van der Waals surface area contributed by atoms with E-state index in [1.165, 1.54) is 10.7 Å². The van der Waals surface area contributed by atoms with Gasteiger partial charge in [-0.05, 0) is 6.07 Å². The third kappa shape index (κ3) is 2.68. The number of aromatic amines is 1. The Morgan fingerprint density at radius 2 is 2.27 bits per heavy atom. The lowest BCUT2D eigenvalue weighted by Crippen LogP contribution is -2.13. The van der Waals surface area contributed by atoms with Crippen LogP contribution in [-0.2, 0) is 30.5 Å². The van der Waals surface area contributed by atoms with Gasteiger partial charge in [-0.2, -0.15) is 18.3 Å². The number of fused-ring (bicyclic) bond motifs is 1. The van der Waals surface area contributed by atoms with E-state index in [4.69, 9.17) is 4.74 Å². The number of nitrogens with one attached hydrogen (secondary N) is 1. The summed E-state index contributed by atoms with van der Waals surface area (Å²) in [4.78, 5) is 17.2. The molecule has 0 spiro atoms. The summed E-state index contributed by atoms with van der Waals surface area (Å²) in [7, 11) is 0. The molecule has 2 aromatic rings. The zero-order chi connectivity index (χ0) is 15.9. The first-order valence-electron chi connectivity index (χ1n) is 6.32. The lowest BCUT2D eigenvalue weighted by Gasteiger charge is -2.06. The molecular weight excluding hydrogens is 308 g/mol. The monoisotopic (exact) mass is 318 g/mol.